The standard InChI is InChI=1S/C31H43N3O/c1-2-3-4-6-12-25-14-15-28-26(21-25)17-20-33-23-27-13-9-19-34(29(27)22-30(28)33)31(35)32-18-16-24-10-7-5-8-11-24/h5,7-8,10-11,14-15,21,27,29-30H,2-4,6,9,12-13,16-20,22-23H2,1H3,(H,32,35)/t27-,29+,30+/m0/s1. The molecule has 188 valence electrons. The number of aryl methyl sites for hydroxylation is 1. The van der Waals surface area contributed by atoms with Gasteiger partial charge in [-0.15, -0.1) is 0 Å². The van der Waals surface area contributed by atoms with Gasteiger partial charge in [-0.1, -0.05) is 74.7 Å². The van der Waals surface area contributed by atoms with Crippen molar-refractivity contribution in [2.45, 2.75) is 83.2 Å². The molecule has 0 saturated carbocycles. The van der Waals surface area contributed by atoms with E-state index in [2.05, 4.69) is 64.5 Å². The van der Waals surface area contributed by atoms with E-state index < -0.39 is 0 Å². The van der Waals surface area contributed by atoms with Gasteiger partial charge in [0, 0.05) is 38.3 Å². The van der Waals surface area contributed by atoms with Gasteiger partial charge in [-0.25, -0.2) is 4.79 Å². The van der Waals surface area contributed by atoms with Gasteiger partial charge in [-0.3, -0.25) is 4.90 Å². The summed E-state index contributed by atoms with van der Waals surface area (Å²) >= 11 is 0. The maximum atomic E-state index is 13.2. The van der Waals surface area contributed by atoms with Crippen molar-refractivity contribution in [3.8, 4) is 0 Å². The number of hydrogen-bond donors (Lipinski definition) is 1. The third-order valence-electron chi connectivity index (χ3n) is 8.64. The van der Waals surface area contributed by atoms with Gasteiger partial charge in [0.25, 0.3) is 0 Å². The number of amides is 2. The number of carbonyl (C=O) groups is 1. The Kier molecular flexibility index (Phi) is 8.08. The highest BCUT2D eigenvalue weighted by Gasteiger charge is 2.43. The third-order valence-corrected chi connectivity index (χ3v) is 8.64. The smallest absolute Gasteiger partial charge is 0.317 e. The van der Waals surface area contributed by atoms with Crippen LogP contribution >= 0.6 is 0 Å². The van der Waals surface area contributed by atoms with E-state index in [1.54, 1.807) is 5.56 Å². The van der Waals surface area contributed by atoms with Crippen LogP contribution < -0.4 is 5.32 Å². The summed E-state index contributed by atoms with van der Waals surface area (Å²) in [5.41, 5.74) is 5.88. The number of benzene rings is 2. The number of likely N-dealkylation sites (tertiary alicyclic amines) is 1. The zero-order valence-electron chi connectivity index (χ0n) is 21.6. The van der Waals surface area contributed by atoms with Crippen LogP contribution in [0.3, 0.4) is 0 Å². The van der Waals surface area contributed by atoms with E-state index >= 15 is 0 Å². The average molecular weight is 474 g/mol. The highest BCUT2D eigenvalue weighted by molar-refractivity contribution is 5.74. The molecule has 0 aromatic heterocycles. The molecule has 0 spiro atoms. The Morgan fingerprint density at radius 3 is 2.74 bits per heavy atom. The second-order valence-corrected chi connectivity index (χ2v) is 11.0. The van der Waals surface area contributed by atoms with Crippen molar-refractivity contribution in [1.82, 2.24) is 15.1 Å². The predicted octanol–water partition coefficient (Wildman–Crippen LogP) is 6.15. The molecule has 0 aliphatic carbocycles. The molecule has 4 nitrogen and oxygen atoms in total. The van der Waals surface area contributed by atoms with Gasteiger partial charge >= 0.3 is 6.03 Å². The van der Waals surface area contributed by atoms with Crippen LogP contribution in [-0.2, 0) is 19.3 Å². The van der Waals surface area contributed by atoms with Gasteiger partial charge in [-0.2, -0.15) is 0 Å². The molecule has 0 radical (unpaired) electrons. The summed E-state index contributed by atoms with van der Waals surface area (Å²) in [4.78, 5) is 18.2. The Labute approximate surface area is 212 Å². The lowest BCUT2D eigenvalue weighted by Gasteiger charge is -2.52. The van der Waals surface area contributed by atoms with Gasteiger partial charge in [0.1, 0.15) is 0 Å². The molecule has 5 rings (SSSR count). The highest BCUT2D eigenvalue weighted by atomic mass is 16.2. The van der Waals surface area contributed by atoms with Crippen LogP contribution in [0.4, 0.5) is 4.79 Å². The number of unbranched alkanes of at least 4 members (excludes halogenated alkanes) is 3. The van der Waals surface area contributed by atoms with Gasteiger partial charge in [-0.05, 0) is 73.1 Å². The molecule has 3 aliphatic rings. The fourth-order valence-electron chi connectivity index (χ4n) is 6.73. The van der Waals surface area contributed by atoms with Crippen molar-refractivity contribution < 1.29 is 4.79 Å². The zero-order chi connectivity index (χ0) is 24.0. The van der Waals surface area contributed by atoms with Crippen molar-refractivity contribution >= 4 is 6.03 Å². The number of fused-ring (bicyclic) bond motifs is 4. The maximum Gasteiger partial charge on any atom is 0.317 e. The second-order valence-electron chi connectivity index (χ2n) is 11.0. The van der Waals surface area contributed by atoms with Gasteiger partial charge < -0.3 is 10.2 Å². The number of urea groups is 1. The first-order chi connectivity index (χ1) is 17.2. The molecule has 1 N–H and O–H groups in total. The van der Waals surface area contributed by atoms with Crippen molar-refractivity contribution in [3.05, 3.63) is 70.8 Å². The van der Waals surface area contributed by atoms with E-state index in [0.717, 1.165) is 32.4 Å². The van der Waals surface area contributed by atoms with Crippen LogP contribution in [0.5, 0.6) is 0 Å². The van der Waals surface area contributed by atoms with Crippen molar-refractivity contribution in [2.24, 2.45) is 5.92 Å². The molecule has 2 aromatic carbocycles. The minimum absolute atomic E-state index is 0.141. The molecule has 2 amide bonds. The largest absolute Gasteiger partial charge is 0.338 e. The Morgan fingerprint density at radius 2 is 1.89 bits per heavy atom. The number of nitrogens with one attached hydrogen (secondary N) is 1. The van der Waals surface area contributed by atoms with Crippen LogP contribution in [0.1, 0.15) is 80.2 Å². The third kappa shape index (κ3) is 5.74. The van der Waals surface area contributed by atoms with Crippen molar-refractivity contribution in [2.75, 3.05) is 26.2 Å². The monoisotopic (exact) mass is 473 g/mol. The predicted molar refractivity (Wildman–Crippen MR) is 144 cm³/mol. The summed E-state index contributed by atoms with van der Waals surface area (Å²) in [6.07, 6.45) is 12.0. The molecule has 2 saturated heterocycles. The summed E-state index contributed by atoms with van der Waals surface area (Å²) in [7, 11) is 0. The Bertz CT molecular complexity index is 974. The van der Waals surface area contributed by atoms with Gasteiger partial charge in [0.05, 0.1) is 0 Å². The fraction of sp³-hybridized carbons (Fsp3) is 0.581. The molecule has 3 atom stereocenters. The van der Waals surface area contributed by atoms with E-state index in [4.69, 9.17) is 0 Å². The number of carbonyl (C=O) groups excluding carboxylic acids is 1. The summed E-state index contributed by atoms with van der Waals surface area (Å²) in [6, 6.07) is 18.7. The zero-order valence-corrected chi connectivity index (χ0v) is 21.6. The molecular formula is C31H43N3O. The van der Waals surface area contributed by atoms with E-state index in [1.807, 2.05) is 6.07 Å². The van der Waals surface area contributed by atoms with Gasteiger partial charge in [0.15, 0.2) is 0 Å². The molecular weight excluding hydrogens is 430 g/mol. The second kappa shape index (κ2) is 11.6. The highest BCUT2D eigenvalue weighted by Crippen LogP contribution is 2.43. The first-order valence-corrected chi connectivity index (χ1v) is 14.2. The molecule has 0 unspecified atom stereocenters. The number of piperidine rings is 2. The SMILES string of the molecule is CCCCCCc1ccc2c(c1)CCN1C[C@@H]3CCCN(C(=O)NCCc4ccccc4)[C@@H]3C[C@H]21. The first kappa shape index (κ1) is 24.4. The van der Waals surface area contributed by atoms with Crippen LogP contribution in [0.2, 0.25) is 0 Å². The van der Waals surface area contributed by atoms with Crippen LogP contribution in [0.15, 0.2) is 48.5 Å². The lowest BCUT2D eigenvalue weighted by atomic mass is 9.76. The van der Waals surface area contributed by atoms with Crippen LogP contribution in [0, 0.1) is 5.92 Å². The first-order valence-electron chi connectivity index (χ1n) is 14.2. The quantitative estimate of drug-likeness (QED) is 0.467. The Morgan fingerprint density at radius 1 is 1.00 bits per heavy atom. The lowest BCUT2D eigenvalue weighted by molar-refractivity contribution is 0.00578. The summed E-state index contributed by atoms with van der Waals surface area (Å²) < 4.78 is 0. The van der Waals surface area contributed by atoms with Crippen LogP contribution in [0.25, 0.3) is 0 Å². The lowest BCUT2D eigenvalue weighted by Crippen LogP contribution is -2.59. The van der Waals surface area contributed by atoms with E-state index in [0.29, 0.717) is 24.5 Å². The number of hydrogen-bond acceptors (Lipinski definition) is 2. The van der Waals surface area contributed by atoms with Gasteiger partial charge in [0.2, 0.25) is 0 Å². The van der Waals surface area contributed by atoms with Crippen molar-refractivity contribution in [3.63, 3.8) is 0 Å². The molecule has 3 aliphatic heterocycles. The topological polar surface area (TPSA) is 35.6 Å². The number of nitrogens with zero attached hydrogens (tertiary/aromatic N) is 2. The van der Waals surface area contributed by atoms with Crippen molar-refractivity contribution in [1.29, 1.82) is 0 Å². The Balaban J connectivity index is 1.23. The maximum absolute atomic E-state index is 13.2. The number of rotatable bonds is 8. The molecule has 4 heteroatoms. The van der Waals surface area contributed by atoms with E-state index in [9.17, 15) is 4.79 Å². The minimum atomic E-state index is 0.141. The average Bonchev–Trinajstić information content (AvgIpc) is 2.90. The minimum Gasteiger partial charge on any atom is -0.338 e. The molecule has 2 aromatic rings. The van der Waals surface area contributed by atoms with E-state index in [1.165, 1.54) is 68.2 Å². The molecule has 35 heavy (non-hydrogen) atoms. The van der Waals surface area contributed by atoms with E-state index in [-0.39, 0.29) is 6.03 Å². The molecule has 0 bridgehead atoms. The van der Waals surface area contributed by atoms with Crippen LogP contribution in [-0.4, -0.2) is 48.1 Å². The normalized spacial score (nSPS) is 23.8. The fourth-order valence-corrected chi connectivity index (χ4v) is 6.73. The molecule has 3 heterocycles. The summed E-state index contributed by atoms with van der Waals surface area (Å²) in [5.74, 6) is 0.610. The summed E-state index contributed by atoms with van der Waals surface area (Å²) in [6.45, 7) is 6.19. The summed E-state index contributed by atoms with van der Waals surface area (Å²) in [5, 5.41) is 3.23. The molecule has 2 fully saturated rings. The Hall–Kier alpha value is -2.33.